The Morgan fingerprint density at radius 2 is 0.261 bits per heavy atom. The smallest absolute Gasteiger partial charge is 2.00 e. The summed E-state index contributed by atoms with van der Waals surface area (Å²) in [6.07, 6.45) is 0. The molecule has 0 aliphatic heterocycles. The van der Waals surface area contributed by atoms with Crippen molar-refractivity contribution >= 4 is 159 Å². The average Bonchev–Trinajstić information content (AvgIpc) is 2.47. The summed E-state index contributed by atoms with van der Waals surface area (Å²) in [5, 5.41) is 0. The largest absolute Gasteiger partial charge is 2.00 e. The first-order chi connectivity index (χ1) is 17.3. The van der Waals surface area contributed by atoms with E-state index in [-0.39, 0.29) is 159 Å². The monoisotopic (exact) mass is 2150 g/mol. The molecule has 0 spiro atoms. The molecule has 0 bridgehead atoms. The molecule has 0 saturated carbocycles. The van der Waals surface area contributed by atoms with Crippen molar-refractivity contribution in [2.24, 2.45) is 0 Å². The molecule has 0 atom stereocenters. The molecule has 6 radical (unpaired) electrons. The maximum atomic E-state index is 8.60. The summed E-state index contributed by atoms with van der Waals surface area (Å²) < 4.78 is 258. The van der Waals surface area contributed by atoms with Crippen molar-refractivity contribution < 1.29 is 291 Å². The quantitative estimate of drug-likeness (QED) is 0.203. The molecule has 0 unspecified atom stereocenters. The fraction of sp³-hybridized carbons (Fsp3) is 0. The van der Waals surface area contributed by atoms with E-state index in [2.05, 4.69) is 0 Å². The van der Waals surface area contributed by atoms with E-state index in [9.17, 15) is 0 Å². The maximum absolute atomic E-state index is 8.60. The minimum absolute atomic E-state index is 0. The van der Waals surface area contributed by atoms with Gasteiger partial charge in [0.15, 0.2) is 0 Å². The van der Waals surface area contributed by atoms with Gasteiger partial charge in [-0.2, -0.15) is 0 Å². The van der Waals surface area contributed by atoms with Crippen molar-refractivity contribution in [1.29, 1.82) is 0 Å². The Labute approximate surface area is 439 Å². The predicted molar refractivity (Wildman–Crippen MR) is 44.8 cm³/mol. The summed E-state index contributed by atoms with van der Waals surface area (Å²) >= 11 is -41.4. The van der Waals surface area contributed by atoms with Crippen LogP contribution in [-0.2, 0) is 236 Å². The molecule has 0 saturated heterocycles. The van der Waals surface area contributed by atoms with Gasteiger partial charge in [0.25, 0.3) is 0 Å². The molecule has 0 fully saturated rings. The van der Waals surface area contributed by atoms with Gasteiger partial charge in [-0.3, -0.25) is 0 Å². The standard InChI is InChI=1S/3In.5Nb.30O.3Pb.5Ti/q3*+3;;;;;;;;;;;;;;;;;;;;;15*-1;3*+2;;;;;. The van der Waals surface area contributed by atoms with Gasteiger partial charge in [0.1, 0.15) is 0 Å². The Bertz CT molecular complexity index is 770. The van der Waals surface area contributed by atoms with Gasteiger partial charge in [-0.15, -0.1) is 0 Å². The number of hydrogen-bond donors (Lipinski definition) is 0. The Hall–Kier alpha value is 9.05. The van der Waals surface area contributed by atoms with Crippen LogP contribution < -0.4 is 55.0 Å². The molecule has 46 heavy (non-hydrogen) atoms. The van der Waals surface area contributed by atoms with Crippen molar-refractivity contribution in [1.82, 2.24) is 0 Å². The van der Waals surface area contributed by atoms with Crippen molar-refractivity contribution in [2.45, 2.75) is 0 Å². The molecule has 0 rings (SSSR count). The third-order valence-corrected chi connectivity index (χ3v) is 0. The summed E-state index contributed by atoms with van der Waals surface area (Å²) in [6.45, 7) is 0. The summed E-state index contributed by atoms with van der Waals surface area (Å²) in [5.41, 5.74) is 0. The van der Waals surface area contributed by atoms with E-state index in [0.29, 0.717) is 0 Å². The molecule has 0 N–H and O–H groups in total. The molecule has 0 amide bonds. The molecule has 0 aliphatic carbocycles. The summed E-state index contributed by atoms with van der Waals surface area (Å²) in [5.74, 6) is 0. The Morgan fingerprint density at radius 3 is 0.261 bits per heavy atom. The summed E-state index contributed by atoms with van der Waals surface area (Å²) in [6, 6.07) is 0. The number of rotatable bonds is 0. The molecule has 0 heterocycles. The van der Waals surface area contributed by atoms with Crippen LogP contribution in [0, 0.1) is 0 Å². The fourth-order valence-corrected chi connectivity index (χ4v) is 0. The molecule has 246 valence electrons. The van der Waals surface area contributed by atoms with Crippen LogP contribution in [0.1, 0.15) is 0 Å². The zero-order chi connectivity index (χ0) is 35.8. The predicted octanol–water partition coefficient (Wildman–Crippen LogP) is -21.9. The molecular weight excluding hydrogens is 2150 g/mol. The van der Waals surface area contributed by atoms with Crippen molar-refractivity contribution in [3.8, 4) is 0 Å². The Kier molecular flexibility index (Phi) is 229. The SMILES string of the molecule is [In+3].[In+3].[In+3].[O]=[Nb](=[O])[O-].[O]=[Nb](=[O])[O-].[O]=[Nb](=[O])[O-].[O]=[Nb](=[O])[O-].[O]=[Nb](=[O])[O-].[O]=[Ti]([O-])[O-].[O]=[Ti]([O-])[O-].[O]=[Ti]([O-])[O-].[O]=[Ti]([O-])[O-].[O]=[Ti]([O-])[O-].[Pb+2].[Pb+2].[Pb+2]. The van der Waals surface area contributed by atoms with E-state index in [0.717, 1.165) is 0 Å². The molecule has 30 nitrogen and oxygen atoms in total. The van der Waals surface area contributed by atoms with Crippen LogP contribution in [0.25, 0.3) is 0 Å². The van der Waals surface area contributed by atoms with E-state index >= 15 is 0 Å². The zero-order valence-corrected chi connectivity index (χ0v) is 60.6. The zero-order valence-electron chi connectivity index (χ0n) is 20.2. The normalized spacial score (nSPS) is 5.54. The van der Waals surface area contributed by atoms with Crippen molar-refractivity contribution in [2.75, 3.05) is 0 Å². The van der Waals surface area contributed by atoms with Crippen LogP contribution in [-0.4, -0.2) is 159 Å². The molecule has 0 aromatic heterocycles. The van der Waals surface area contributed by atoms with E-state index < -0.39 is 187 Å². The Morgan fingerprint density at radius 1 is 0.261 bits per heavy atom. The summed E-state index contributed by atoms with van der Waals surface area (Å²) in [7, 11) is 0. The molecule has 0 aliphatic rings. The van der Waals surface area contributed by atoms with Crippen LogP contribution in [0.3, 0.4) is 0 Å². The first kappa shape index (κ1) is 105. The van der Waals surface area contributed by atoms with E-state index in [1.807, 2.05) is 0 Å². The molecule has 0 aromatic carbocycles. The minimum atomic E-state index is -4.20. The molecular formula is In3Nb5O30Pb3Ti5. The summed E-state index contributed by atoms with van der Waals surface area (Å²) in [4.78, 5) is 0. The molecule has 0 aromatic rings. The second-order valence-electron chi connectivity index (χ2n) is 2.37. The van der Waals surface area contributed by atoms with Crippen molar-refractivity contribution in [3.05, 3.63) is 0 Å². The van der Waals surface area contributed by atoms with Gasteiger partial charge in [-0.25, -0.2) is 0 Å². The van der Waals surface area contributed by atoms with Crippen LogP contribution in [0.2, 0.25) is 0 Å². The van der Waals surface area contributed by atoms with E-state index in [4.69, 9.17) is 104 Å². The average molecular weight is 2150 g/mol. The van der Waals surface area contributed by atoms with Gasteiger partial charge in [0, 0.05) is 0 Å². The van der Waals surface area contributed by atoms with Gasteiger partial charge >= 0.3 is 451 Å². The van der Waals surface area contributed by atoms with Gasteiger partial charge in [-0.1, -0.05) is 0 Å². The topological polar surface area (TPSA) is 602 Å². The van der Waals surface area contributed by atoms with Crippen LogP contribution in [0.5, 0.6) is 0 Å². The molecule has 46 heteroatoms. The fourth-order valence-electron chi connectivity index (χ4n) is 0. The first-order valence-electron chi connectivity index (χ1n) is 5.80. The minimum Gasteiger partial charge on any atom is 2.00 e. The first-order valence-corrected chi connectivity index (χ1v) is 28.8. The van der Waals surface area contributed by atoms with Crippen LogP contribution in [0.15, 0.2) is 0 Å². The van der Waals surface area contributed by atoms with Gasteiger partial charge in [0.05, 0.1) is 0 Å². The third kappa shape index (κ3) is 1750. The van der Waals surface area contributed by atoms with Gasteiger partial charge < -0.3 is 0 Å². The maximum Gasteiger partial charge on any atom is 2.00 e. The third-order valence-electron chi connectivity index (χ3n) is 0. The van der Waals surface area contributed by atoms with Crippen LogP contribution in [0.4, 0.5) is 0 Å². The Balaban J connectivity index is -0.0000000153. The van der Waals surface area contributed by atoms with Gasteiger partial charge in [-0.05, 0) is 0 Å². The number of hydrogen-bond acceptors (Lipinski definition) is 30. The second-order valence-corrected chi connectivity index (χ2v) is 11.8. The van der Waals surface area contributed by atoms with E-state index in [1.165, 1.54) is 0 Å². The second kappa shape index (κ2) is 99.8. The van der Waals surface area contributed by atoms with Crippen LogP contribution >= 0.6 is 0 Å². The van der Waals surface area contributed by atoms with Crippen molar-refractivity contribution in [3.63, 3.8) is 0 Å². The van der Waals surface area contributed by atoms with Gasteiger partial charge in [0.2, 0.25) is 0 Å². The van der Waals surface area contributed by atoms with E-state index in [1.54, 1.807) is 0 Å².